The van der Waals surface area contributed by atoms with E-state index in [1.54, 1.807) is 24.3 Å². The summed E-state index contributed by atoms with van der Waals surface area (Å²) < 4.78 is 10.7. The molecule has 0 aromatic heterocycles. The summed E-state index contributed by atoms with van der Waals surface area (Å²) in [5, 5.41) is -0.100. The van der Waals surface area contributed by atoms with E-state index in [0.29, 0.717) is 0 Å². The molecule has 0 saturated carbocycles. The maximum Gasteiger partial charge on any atom is 0.339 e. The third-order valence-corrected chi connectivity index (χ3v) is 8.29. The van der Waals surface area contributed by atoms with Gasteiger partial charge in [-0.1, -0.05) is 32.9 Å². The summed E-state index contributed by atoms with van der Waals surface area (Å²) in [4.78, 5) is 24.5. The first-order chi connectivity index (χ1) is 10.1. The molecular formula is C16H23ClO4Si. The monoisotopic (exact) mass is 342 g/mol. The van der Waals surface area contributed by atoms with Gasteiger partial charge in [-0.05, 0) is 30.3 Å². The van der Waals surface area contributed by atoms with Crippen molar-refractivity contribution in [3.05, 3.63) is 35.4 Å². The van der Waals surface area contributed by atoms with E-state index < -0.39 is 20.3 Å². The summed E-state index contributed by atoms with van der Waals surface area (Å²) in [7, 11) is -2.26. The van der Waals surface area contributed by atoms with E-state index in [1.807, 2.05) is 33.9 Å². The van der Waals surface area contributed by atoms with Crippen molar-refractivity contribution in [2.75, 3.05) is 12.5 Å². The van der Waals surface area contributed by atoms with Gasteiger partial charge in [0, 0.05) is 0 Å². The van der Waals surface area contributed by atoms with Crippen molar-refractivity contribution in [3.8, 4) is 0 Å². The molecule has 0 spiro atoms. The highest BCUT2D eigenvalue weighted by Crippen LogP contribution is 2.37. The molecule has 0 heterocycles. The highest BCUT2D eigenvalue weighted by atomic mass is 35.5. The molecule has 0 aliphatic rings. The van der Waals surface area contributed by atoms with E-state index in [-0.39, 0.29) is 28.7 Å². The molecule has 0 aliphatic heterocycles. The number of hydrogen-bond acceptors (Lipinski definition) is 4. The Balaban J connectivity index is 3.02. The molecule has 1 rings (SSSR count). The number of benzene rings is 1. The van der Waals surface area contributed by atoms with Crippen LogP contribution >= 0.6 is 11.6 Å². The van der Waals surface area contributed by atoms with E-state index in [1.165, 1.54) is 0 Å². The number of halogens is 1. The van der Waals surface area contributed by atoms with Crippen LogP contribution in [0.3, 0.4) is 0 Å². The fourth-order valence-corrected chi connectivity index (χ4v) is 2.44. The van der Waals surface area contributed by atoms with Crippen molar-refractivity contribution in [1.29, 1.82) is 0 Å². The van der Waals surface area contributed by atoms with Gasteiger partial charge < -0.3 is 9.16 Å². The minimum absolute atomic E-state index is 0.100. The Kier molecular flexibility index (Phi) is 6.20. The minimum Gasteiger partial charge on any atom is -0.516 e. The average molecular weight is 343 g/mol. The molecule has 0 N–H and O–H groups in total. The van der Waals surface area contributed by atoms with Crippen LogP contribution in [-0.4, -0.2) is 32.7 Å². The number of ether oxygens (including phenoxy) is 1. The van der Waals surface area contributed by atoms with Crippen molar-refractivity contribution >= 4 is 31.9 Å². The lowest BCUT2D eigenvalue weighted by molar-refractivity contribution is 0.0518. The highest BCUT2D eigenvalue weighted by molar-refractivity contribution is 6.75. The second kappa shape index (κ2) is 7.29. The molecule has 0 amide bonds. The zero-order valence-electron chi connectivity index (χ0n) is 13.7. The van der Waals surface area contributed by atoms with E-state index in [0.717, 1.165) is 0 Å². The summed E-state index contributed by atoms with van der Waals surface area (Å²) in [6.07, 6.45) is 0. The maximum atomic E-state index is 12.5. The van der Waals surface area contributed by atoms with Crippen molar-refractivity contribution < 1.29 is 18.8 Å². The smallest absolute Gasteiger partial charge is 0.339 e. The van der Waals surface area contributed by atoms with Gasteiger partial charge in [-0.3, -0.25) is 0 Å². The lowest BCUT2D eigenvalue weighted by atomic mass is 10.1. The Morgan fingerprint density at radius 3 is 2.05 bits per heavy atom. The molecule has 6 heteroatoms. The van der Waals surface area contributed by atoms with Gasteiger partial charge in [0.25, 0.3) is 8.32 Å². The van der Waals surface area contributed by atoms with E-state index >= 15 is 0 Å². The topological polar surface area (TPSA) is 52.6 Å². The normalized spacial score (nSPS) is 11.9. The highest BCUT2D eigenvalue weighted by Gasteiger charge is 2.41. The lowest BCUT2D eigenvalue weighted by Crippen LogP contribution is -2.42. The maximum absolute atomic E-state index is 12.5. The fourth-order valence-electron chi connectivity index (χ4n) is 1.49. The summed E-state index contributed by atoms with van der Waals surface area (Å²) >= 11 is 5.51. The number of esters is 1. The molecule has 1 aromatic carbocycles. The second-order valence-corrected chi connectivity index (χ2v) is 11.6. The largest absolute Gasteiger partial charge is 0.516 e. The van der Waals surface area contributed by atoms with Crippen molar-refractivity contribution in [2.24, 2.45) is 0 Å². The Hall–Kier alpha value is -1.33. The molecule has 122 valence electrons. The quantitative estimate of drug-likeness (QED) is 0.456. The number of carbonyl (C=O) groups excluding carboxylic acids is 2. The minimum atomic E-state index is -2.26. The third kappa shape index (κ3) is 4.58. The Bertz CT molecular complexity index is 549. The number of alkyl halides is 1. The number of rotatable bonds is 5. The summed E-state index contributed by atoms with van der Waals surface area (Å²) in [5.74, 6) is -0.837. The van der Waals surface area contributed by atoms with Crippen LogP contribution in [0.5, 0.6) is 0 Å². The van der Waals surface area contributed by atoms with Gasteiger partial charge in [-0.25, -0.2) is 9.59 Å². The van der Waals surface area contributed by atoms with Gasteiger partial charge in [0.15, 0.2) is 0 Å². The Morgan fingerprint density at radius 1 is 1.09 bits per heavy atom. The van der Waals surface area contributed by atoms with Crippen LogP contribution in [-0.2, 0) is 9.16 Å². The Morgan fingerprint density at radius 2 is 1.59 bits per heavy atom. The van der Waals surface area contributed by atoms with E-state index in [9.17, 15) is 9.59 Å². The van der Waals surface area contributed by atoms with E-state index in [2.05, 4.69) is 0 Å². The molecule has 4 nitrogen and oxygen atoms in total. The first-order valence-corrected chi connectivity index (χ1v) is 10.6. The van der Waals surface area contributed by atoms with Gasteiger partial charge in [0.1, 0.15) is 6.61 Å². The summed E-state index contributed by atoms with van der Waals surface area (Å²) in [5.41, 5.74) is 0.434. The second-order valence-electron chi connectivity index (χ2n) is 6.52. The van der Waals surface area contributed by atoms with Crippen molar-refractivity contribution in [1.82, 2.24) is 0 Å². The van der Waals surface area contributed by atoms with E-state index in [4.69, 9.17) is 20.8 Å². The molecule has 0 bridgehead atoms. The SMILES string of the molecule is CC(C)(C)[Si](C)(C)OC(=O)c1ccccc1C(=O)OCCCl. The molecular weight excluding hydrogens is 320 g/mol. The summed E-state index contributed by atoms with van der Waals surface area (Å²) in [6.45, 7) is 10.2. The first-order valence-electron chi connectivity index (χ1n) is 7.15. The standard InChI is InChI=1S/C16H23ClO4Si/c1-16(2,3)22(4,5)21-15(19)13-9-7-6-8-12(13)14(18)20-11-10-17/h6-9H,10-11H2,1-5H3. The van der Waals surface area contributed by atoms with Gasteiger partial charge in [0.2, 0.25) is 0 Å². The molecule has 22 heavy (non-hydrogen) atoms. The van der Waals surface area contributed by atoms with Crippen LogP contribution in [0.15, 0.2) is 24.3 Å². The zero-order chi connectivity index (χ0) is 17.0. The van der Waals surface area contributed by atoms with Crippen molar-refractivity contribution in [3.63, 3.8) is 0 Å². The molecule has 0 atom stereocenters. The van der Waals surface area contributed by atoms with Crippen LogP contribution in [0, 0.1) is 0 Å². The van der Waals surface area contributed by atoms with Crippen molar-refractivity contribution in [2.45, 2.75) is 38.9 Å². The number of carbonyl (C=O) groups is 2. The molecule has 0 fully saturated rings. The molecule has 0 aliphatic carbocycles. The van der Waals surface area contributed by atoms with Crippen LogP contribution in [0.1, 0.15) is 41.5 Å². The summed E-state index contributed by atoms with van der Waals surface area (Å²) in [6, 6.07) is 6.51. The van der Waals surface area contributed by atoms with Gasteiger partial charge in [0.05, 0.1) is 17.0 Å². The fraction of sp³-hybridized carbons (Fsp3) is 0.500. The van der Waals surface area contributed by atoms with Gasteiger partial charge in [-0.15, -0.1) is 11.6 Å². The third-order valence-electron chi connectivity index (χ3n) is 3.83. The predicted molar refractivity (Wildman–Crippen MR) is 90.1 cm³/mol. The zero-order valence-corrected chi connectivity index (χ0v) is 15.5. The molecule has 0 radical (unpaired) electrons. The average Bonchev–Trinajstić information content (AvgIpc) is 2.43. The van der Waals surface area contributed by atoms with Gasteiger partial charge in [-0.2, -0.15) is 0 Å². The molecule has 0 unspecified atom stereocenters. The first kappa shape index (κ1) is 18.7. The lowest BCUT2D eigenvalue weighted by Gasteiger charge is -2.35. The van der Waals surface area contributed by atoms with Crippen LogP contribution < -0.4 is 0 Å². The van der Waals surface area contributed by atoms with Crippen LogP contribution in [0.25, 0.3) is 0 Å². The van der Waals surface area contributed by atoms with Crippen LogP contribution in [0.4, 0.5) is 0 Å². The molecule has 0 saturated heterocycles. The molecule has 1 aromatic rings. The van der Waals surface area contributed by atoms with Gasteiger partial charge >= 0.3 is 11.9 Å². The van der Waals surface area contributed by atoms with Crippen LogP contribution in [0.2, 0.25) is 18.1 Å². The predicted octanol–water partition coefficient (Wildman–Crippen LogP) is 4.24. The Labute approximate surface area is 137 Å². The number of hydrogen-bond donors (Lipinski definition) is 0.